The van der Waals surface area contributed by atoms with E-state index in [0.717, 1.165) is 57.8 Å². The average molecular weight is 749 g/mol. The van der Waals surface area contributed by atoms with Gasteiger partial charge in [0.15, 0.2) is 6.10 Å². The van der Waals surface area contributed by atoms with Gasteiger partial charge in [-0.05, 0) is 38.5 Å². The molecule has 0 radical (unpaired) electrons. The molecule has 0 aliphatic carbocycles. The molecule has 0 aliphatic rings. The van der Waals surface area contributed by atoms with Crippen molar-refractivity contribution in [2.75, 3.05) is 26.4 Å². The van der Waals surface area contributed by atoms with Crippen LogP contribution in [-0.4, -0.2) is 65.7 Å². The fourth-order valence-electron chi connectivity index (χ4n) is 5.69. The second-order valence-corrected chi connectivity index (χ2v) is 15.5. The van der Waals surface area contributed by atoms with E-state index in [1.54, 1.807) is 0 Å². The maximum Gasteiger partial charge on any atom is 0.472 e. The molecule has 0 saturated carbocycles. The Hall–Kier alpha value is -1.29. The predicted molar refractivity (Wildman–Crippen MR) is 205 cm³/mol. The molecule has 0 spiro atoms. The van der Waals surface area contributed by atoms with Crippen LogP contribution in [-0.2, 0) is 32.7 Å². The Morgan fingerprint density at radius 2 is 0.961 bits per heavy atom. The zero-order chi connectivity index (χ0) is 37.7. The molecule has 3 unspecified atom stereocenters. The number of unbranched alkanes of at least 4 members (excludes halogenated alkanes) is 23. The Balaban J connectivity index is 4.32. The molecule has 3 atom stereocenters. The van der Waals surface area contributed by atoms with Crippen LogP contribution < -0.4 is 0 Å². The number of aliphatic hydroxyl groups excluding tert-OH is 2. The van der Waals surface area contributed by atoms with E-state index in [1.807, 2.05) is 0 Å². The lowest BCUT2D eigenvalue weighted by molar-refractivity contribution is -0.161. The molecular formula is C40H77O10P. The summed E-state index contributed by atoms with van der Waals surface area (Å²) in [4.78, 5) is 34.9. The second-order valence-electron chi connectivity index (χ2n) is 14.0. The summed E-state index contributed by atoms with van der Waals surface area (Å²) in [6.07, 6.45) is 33.2. The van der Waals surface area contributed by atoms with Crippen molar-refractivity contribution in [1.82, 2.24) is 0 Å². The molecule has 0 aromatic carbocycles. The Bertz CT molecular complexity index is 868. The van der Waals surface area contributed by atoms with Crippen LogP contribution in [0.15, 0.2) is 12.2 Å². The van der Waals surface area contributed by atoms with Gasteiger partial charge in [-0.1, -0.05) is 154 Å². The van der Waals surface area contributed by atoms with Crippen molar-refractivity contribution in [3.8, 4) is 0 Å². The minimum atomic E-state index is -4.61. The van der Waals surface area contributed by atoms with E-state index in [2.05, 4.69) is 30.5 Å². The molecule has 51 heavy (non-hydrogen) atoms. The molecule has 0 aliphatic heterocycles. The van der Waals surface area contributed by atoms with Crippen molar-refractivity contribution in [3.05, 3.63) is 12.2 Å². The molecule has 0 heterocycles. The third-order valence-electron chi connectivity index (χ3n) is 8.92. The maximum absolute atomic E-state index is 12.6. The molecule has 3 N–H and O–H groups in total. The van der Waals surface area contributed by atoms with E-state index in [9.17, 15) is 24.2 Å². The summed E-state index contributed by atoms with van der Waals surface area (Å²) in [5.74, 6) is -0.927. The predicted octanol–water partition coefficient (Wildman–Crippen LogP) is 10.4. The topological polar surface area (TPSA) is 149 Å². The lowest BCUT2D eigenvalue weighted by atomic mass is 10.0. The second kappa shape index (κ2) is 37.0. The Morgan fingerprint density at radius 1 is 0.569 bits per heavy atom. The van der Waals surface area contributed by atoms with Gasteiger partial charge in [0.25, 0.3) is 0 Å². The number of carbonyl (C=O) groups is 2. The number of aliphatic hydroxyl groups is 2. The highest BCUT2D eigenvalue weighted by molar-refractivity contribution is 7.47. The summed E-state index contributed by atoms with van der Waals surface area (Å²) in [5.41, 5.74) is 0. The maximum atomic E-state index is 12.6. The van der Waals surface area contributed by atoms with E-state index in [-0.39, 0.29) is 19.4 Å². The SMILES string of the molecule is CCCCCCC/C=C\CCCCCCCC(=O)OC(COC(=O)CCCCCCCCCCCCCCCC)COP(=O)(O)OCC(O)CO. The minimum Gasteiger partial charge on any atom is -0.462 e. The van der Waals surface area contributed by atoms with Crippen molar-refractivity contribution < 1.29 is 47.8 Å². The van der Waals surface area contributed by atoms with Gasteiger partial charge in [-0.15, -0.1) is 0 Å². The van der Waals surface area contributed by atoms with Crippen LogP contribution in [0.2, 0.25) is 0 Å². The first-order chi connectivity index (χ1) is 24.7. The van der Waals surface area contributed by atoms with Gasteiger partial charge < -0.3 is 24.6 Å². The smallest absolute Gasteiger partial charge is 0.462 e. The fourth-order valence-corrected chi connectivity index (χ4v) is 6.48. The molecule has 10 nitrogen and oxygen atoms in total. The van der Waals surface area contributed by atoms with E-state index in [0.29, 0.717) is 12.8 Å². The highest BCUT2D eigenvalue weighted by Crippen LogP contribution is 2.43. The van der Waals surface area contributed by atoms with Crippen molar-refractivity contribution in [2.45, 2.75) is 206 Å². The zero-order valence-electron chi connectivity index (χ0n) is 32.6. The average Bonchev–Trinajstić information content (AvgIpc) is 3.12. The van der Waals surface area contributed by atoms with Gasteiger partial charge in [-0.3, -0.25) is 18.6 Å². The molecule has 11 heteroatoms. The first-order valence-electron chi connectivity index (χ1n) is 20.6. The van der Waals surface area contributed by atoms with E-state index < -0.39 is 51.8 Å². The summed E-state index contributed by atoms with van der Waals surface area (Å²) in [5, 5.41) is 18.3. The van der Waals surface area contributed by atoms with Gasteiger partial charge in [0.2, 0.25) is 0 Å². The van der Waals surface area contributed by atoms with Crippen LogP contribution in [0.4, 0.5) is 0 Å². The summed E-state index contributed by atoms with van der Waals surface area (Å²) >= 11 is 0. The lowest BCUT2D eigenvalue weighted by Crippen LogP contribution is -2.29. The van der Waals surface area contributed by atoms with Gasteiger partial charge in [0, 0.05) is 12.8 Å². The molecule has 0 bridgehead atoms. The minimum absolute atomic E-state index is 0.178. The number of phosphoric ester groups is 1. The molecule has 0 rings (SSSR count). The number of esters is 2. The third kappa shape index (κ3) is 36.8. The Kier molecular flexibility index (Phi) is 36.1. The molecule has 0 amide bonds. The number of carbonyl (C=O) groups excluding carboxylic acids is 2. The van der Waals surface area contributed by atoms with Crippen LogP contribution in [0, 0.1) is 0 Å². The lowest BCUT2D eigenvalue weighted by Gasteiger charge is -2.20. The highest BCUT2D eigenvalue weighted by atomic mass is 31.2. The number of allylic oxidation sites excluding steroid dienone is 2. The number of rotatable bonds is 39. The zero-order valence-corrected chi connectivity index (χ0v) is 33.5. The molecule has 0 fully saturated rings. The molecule has 302 valence electrons. The first kappa shape index (κ1) is 49.7. The first-order valence-corrected chi connectivity index (χ1v) is 22.1. The van der Waals surface area contributed by atoms with Crippen molar-refractivity contribution in [3.63, 3.8) is 0 Å². The summed E-state index contributed by atoms with van der Waals surface area (Å²) in [7, 11) is -4.61. The number of hydrogen-bond donors (Lipinski definition) is 3. The van der Waals surface area contributed by atoms with Gasteiger partial charge in [0.05, 0.1) is 19.8 Å². The molecule has 0 aromatic rings. The summed E-state index contributed by atoms with van der Waals surface area (Å²) in [6, 6.07) is 0. The Labute approximate surface area is 311 Å². The van der Waals surface area contributed by atoms with Crippen molar-refractivity contribution in [1.29, 1.82) is 0 Å². The van der Waals surface area contributed by atoms with Crippen LogP contribution in [0.5, 0.6) is 0 Å². The standard InChI is InChI=1S/C40H77O10P/c1-3-5-7-9-11-13-15-17-19-21-23-25-27-29-31-39(43)47-35-38(36-49-51(45,46)48-34-37(42)33-41)50-40(44)32-30-28-26-24-22-20-18-16-14-12-10-8-6-4-2/h16,18,37-38,41-42H,3-15,17,19-36H2,1-2H3,(H,45,46)/b18-16-. The van der Waals surface area contributed by atoms with E-state index in [4.69, 9.17) is 19.1 Å². The molecular weight excluding hydrogens is 671 g/mol. The monoisotopic (exact) mass is 749 g/mol. The summed E-state index contributed by atoms with van der Waals surface area (Å²) in [6.45, 7) is 2.37. The van der Waals surface area contributed by atoms with Crippen LogP contribution >= 0.6 is 7.82 Å². The van der Waals surface area contributed by atoms with Gasteiger partial charge >= 0.3 is 19.8 Å². The quantitative estimate of drug-likeness (QED) is 0.0240. The molecule has 0 aromatic heterocycles. The largest absolute Gasteiger partial charge is 0.472 e. The Morgan fingerprint density at radius 3 is 1.41 bits per heavy atom. The third-order valence-corrected chi connectivity index (χ3v) is 9.87. The van der Waals surface area contributed by atoms with Crippen molar-refractivity contribution in [2.24, 2.45) is 0 Å². The molecule has 0 saturated heterocycles. The van der Waals surface area contributed by atoms with Crippen molar-refractivity contribution >= 4 is 19.8 Å². The van der Waals surface area contributed by atoms with E-state index in [1.165, 1.54) is 96.3 Å². The number of phosphoric acid groups is 1. The van der Waals surface area contributed by atoms with Crippen LogP contribution in [0.25, 0.3) is 0 Å². The normalized spacial score (nSPS) is 14.1. The van der Waals surface area contributed by atoms with Gasteiger partial charge in [0.1, 0.15) is 12.7 Å². The van der Waals surface area contributed by atoms with Crippen LogP contribution in [0.3, 0.4) is 0 Å². The van der Waals surface area contributed by atoms with Gasteiger partial charge in [-0.25, -0.2) is 4.57 Å². The van der Waals surface area contributed by atoms with E-state index >= 15 is 0 Å². The highest BCUT2D eigenvalue weighted by Gasteiger charge is 2.27. The van der Waals surface area contributed by atoms with Crippen LogP contribution in [0.1, 0.15) is 194 Å². The number of hydrogen-bond acceptors (Lipinski definition) is 9. The van der Waals surface area contributed by atoms with Gasteiger partial charge in [-0.2, -0.15) is 0 Å². The fraction of sp³-hybridized carbons (Fsp3) is 0.900. The summed E-state index contributed by atoms with van der Waals surface area (Å²) < 4.78 is 32.6. The number of ether oxygens (including phenoxy) is 2.